The molecule has 0 saturated heterocycles. The Morgan fingerprint density at radius 2 is 1.68 bits per heavy atom. The second-order valence-electron chi connectivity index (χ2n) is 8.05. The fourth-order valence-electron chi connectivity index (χ4n) is 4.25. The summed E-state index contributed by atoms with van der Waals surface area (Å²) in [7, 11) is 4.67. The highest BCUT2D eigenvalue weighted by atomic mass is 16.5. The van der Waals surface area contributed by atoms with E-state index in [0.717, 1.165) is 17.9 Å². The van der Waals surface area contributed by atoms with Gasteiger partial charge in [-0.3, -0.25) is 9.69 Å². The summed E-state index contributed by atoms with van der Waals surface area (Å²) in [4.78, 5) is 15.4. The fourth-order valence-corrected chi connectivity index (χ4v) is 4.25. The molecule has 5 rings (SSSR count). The van der Waals surface area contributed by atoms with Crippen LogP contribution >= 0.6 is 0 Å². The van der Waals surface area contributed by atoms with E-state index in [1.165, 1.54) is 5.56 Å². The van der Waals surface area contributed by atoms with Crippen molar-refractivity contribution in [3.8, 4) is 28.7 Å². The normalized spacial score (nSPS) is 15.9. The lowest BCUT2D eigenvalue weighted by Gasteiger charge is -2.29. The monoisotopic (exact) mass is 459 g/mol. The van der Waals surface area contributed by atoms with E-state index in [4.69, 9.17) is 23.7 Å². The van der Waals surface area contributed by atoms with Crippen LogP contribution in [0.4, 0.5) is 0 Å². The molecule has 0 amide bonds. The van der Waals surface area contributed by atoms with Gasteiger partial charge in [0.1, 0.15) is 24.0 Å². The molecule has 0 radical (unpaired) electrons. The molecule has 0 aliphatic carbocycles. The Kier molecular flexibility index (Phi) is 5.86. The maximum atomic E-state index is 13.2. The van der Waals surface area contributed by atoms with Gasteiger partial charge < -0.3 is 23.7 Å². The number of rotatable bonds is 6. The number of methoxy groups -OCH3 is 3. The highest BCUT2D eigenvalue weighted by molar-refractivity contribution is 6.15. The number of hydrogen-bond acceptors (Lipinski definition) is 7. The lowest BCUT2D eigenvalue weighted by molar-refractivity contribution is 0.0873. The SMILES string of the molecule is COc1cc(OC)c(OC)cc1/C=C1\Oc2c(ccc3c2CN(Cc2ccccc2)CO3)C1=O. The zero-order valence-electron chi connectivity index (χ0n) is 19.3. The van der Waals surface area contributed by atoms with Crippen LogP contribution in [0, 0.1) is 0 Å². The lowest BCUT2D eigenvalue weighted by Crippen LogP contribution is -2.31. The maximum absolute atomic E-state index is 13.2. The summed E-state index contributed by atoms with van der Waals surface area (Å²) in [6.07, 6.45) is 1.67. The van der Waals surface area contributed by atoms with Gasteiger partial charge in [0.15, 0.2) is 17.3 Å². The molecule has 7 nitrogen and oxygen atoms in total. The number of ether oxygens (including phenoxy) is 5. The van der Waals surface area contributed by atoms with Crippen LogP contribution in [0.5, 0.6) is 28.7 Å². The van der Waals surface area contributed by atoms with Gasteiger partial charge >= 0.3 is 0 Å². The van der Waals surface area contributed by atoms with Gasteiger partial charge in [-0.15, -0.1) is 0 Å². The first-order valence-electron chi connectivity index (χ1n) is 10.9. The minimum Gasteiger partial charge on any atom is -0.496 e. The number of Topliss-reactive ketones (excluding diaryl/α,β-unsaturated/α-hetero) is 1. The predicted molar refractivity (Wildman–Crippen MR) is 127 cm³/mol. The third-order valence-corrected chi connectivity index (χ3v) is 5.95. The van der Waals surface area contributed by atoms with E-state index in [1.807, 2.05) is 24.3 Å². The van der Waals surface area contributed by atoms with Crippen molar-refractivity contribution in [2.75, 3.05) is 28.1 Å². The van der Waals surface area contributed by atoms with Crippen LogP contribution in [0.3, 0.4) is 0 Å². The first-order chi connectivity index (χ1) is 16.6. The molecule has 2 aliphatic heterocycles. The predicted octanol–water partition coefficient (Wildman–Crippen LogP) is 4.68. The Balaban J connectivity index is 1.46. The number of nitrogens with zero attached hydrogens (tertiary/aromatic N) is 1. The number of allylic oxidation sites excluding steroid dienone is 1. The fraction of sp³-hybridized carbons (Fsp3) is 0.222. The van der Waals surface area contributed by atoms with E-state index in [0.29, 0.717) is 47.4 Å². The van der Waals surface area contributed by atoms with Gasteiger partial charge in [0.2, 0.25) is 5.78 Å². The van der Waals surface area contributed by atoms with Crippen LogP contribution in [-0.4, -0.2) is 38.7 Å². The van der Waals surface area contributed by atoms with E-state index < -0.39 is 0 Å². The van der Waals surface area contributed by atoms with Crippen LogP contribution < -0.4 is 23.7 Å². The van der Waals surface area contributed by atoms with Crippen LogP contribution in [-0.2, 0) is 13.1 Å². The summed E-state index contributed by atoms with van der Waals surface area (Å²) in [6, 6.07) is 17.3. The van der Waals surface area contributed by atoms with Crippen LogP contribution in [0.15, 0.2) is 60.4 Å². The average Bonchev–Trinajstić information content (AvgIpc) is 3.19. The van der Waals surface area contributed by atoms with Gasteiger partial charge in [-0.25, -0.2) is 0 Å². The average molecular weight is 459 g/mol. The molecule has 34 heavy (non-hydrogen) atoms. The number of ketones is 1. The first kappa shape index (κ1) is 21.9. The Morgan fingerprint density at radius 3 is 2.41 bits per heavy atom. The van der Waals surface area contributed by atoms with Crippen molar-refractivity contribution in [3.05, 3.63) is 82.6 Å². The van der Waals surface area contributed by atoms with Gasteiger partial charge in [0, 0.05) is 24.7 Å². The summed E-state index contributed by atoms with van der Waals surface area (Å²) in [6.45, 7) is 1.83. The Bertz CT molecular complexity index is 1270. The second-order valence-corrected chi connectivity index (χ2v) is 8.05. The smallest absolute Gasteiger partial charge is 0.231 e. The molecule has 7 heteroatoms. The van der Waals surface area contributed by atoms with Gasteiger partial charge in [-0.1, -0.05) is 30.3 Å². The van der Waals surface area contributed by atoms with Crippen molar-refractivity contribution >= 4 is 11.9 Å². The molecule has 3 aromatic carbocycles. The van der Waals surface area contributed by atoms with Crippen molar-refractivity contribution < 1.29 is 28.5 Å². The molecule has 0 spiro atoms. The van der Waals surface area contributed by atoms with E-state index in [2.05, 4.69) is 17.0 Å². The highest BCUT2D eigenvalue weighted by Gasteiger charge is 2.34. The van der Waals surface area contributed by atoms with Crippen molar-refractivity contribution in [1.82, 2.24) is 4.90 Å². The van der Waals surface area contributed by atoms with E-state index in [1.54, 1.807) is 45.6 Å². The molecule has 0 aromatic heterocycles. The third kappa shape index (κ3) is 3.95. The molecule has 0 bridgehead atoms. The molecule has 2 heterocycles. The zero-order valence-corrected chi connectivity index (χ0v) is 19.3. The van der Waals surface area contributed by atoms with Gasteiger partial charge in [-0.2, -0.15) is 0 Å². The number of fused-ring (bicyclic) bond motifs is 3. The molecular weight excluding hydrogens is 434 g/mol. The van der Waals surface area contributed by atoms with Crippen molar-refractivity contribution in [2.24, 2.45) is 0 Å². The van der Waals surface area contributed by atoms with Crippen molar-refractivity contribution in [2.45, 2.75) is 13.1 Å². The first-order valence-corrected chi connectivity index (χ1v) is 10.9. The Labute approximate surface area is 198 Å². The zero-order chi connectivity index (χ0) is 23.7. The minimum atomic E-state index is -0.185. The molecule has 3 aromatic rings. The third-order valence-electron chi connectivity index (χ3n) is 5.95. The molecule has 0 atom stereocenters. The number of benzene rings is 3. The standard InChI is InChI=1S/C27H25NO6/c1-30-22-13-24(32-3)23(31-2)11-18(22)12-25-26(29)19-9-10-21-20(27(19)34-25)15-28(16-33-21)14-17-7-5-4-6-8-17/h4-13H,14-16H2,1-3H3/b25-12-. The summed E-state index contributed by atoms with van der Waals surface area (Å²) >= 11 is 0. The van der Waals surface area contributed by atoms with E-state index >= 15 is 0 Å². The Morgan fingerprint density at radius 1 is 0.941 bits per heavy atom. The van der Waals surface area contributed by atoms with Crippen LogP contribution in [0.25, 0.3) is 6.08 Å². The van der Waals surface area contributed by atoms with Crippen LogP contribution in [0.2, 0.25) is 0 Å². The topological polar surface area (TPSA) is 66.5 Å². The second kappa shape index (κ2) is 9.11. The molecule has 0 unspecified atom stereocenters. The van der Waals surface area contributed by atoms with Crippen molar-refractivity contribution in [1.29, 1.82) is 0 Å². The molecule has 0 fully saturated rings. The molecule has 0 saturated carbocycles. The highest BCUT2D eigenvalue weighted by Crippen LogP contribution is 2.43. The van der Waals surface area contributed by atoms with Crippen molar-refractivity contribution in [3.63, 3.8) is 0 Å². The number of carbonyl (C=O) groups excluding carboxylic acids is 1. The Hall–Kier alpha value is -3.97. The van der Waals surface area contributed by atoms with Gasteiger partial charge in [0.05, 0.1) is 32.5 Å². The summed E-state index contributed by atoms with van der Waals surface area (Å²) in [5.41, 5.74) is 3.23. The molecular formula is C27H25NO6. The maximum Gasteiger partial charge on any atom is 0.231 e. The summed E-state index contributed by atoms with van der Waals surface area (Å²) in [5.74, 6) is 2.92. The van der Waals surface area contributed by atoms with Crippen LogP contribution in [0.1, 0.15) is 27.0 Å². The lowest BCUT2D eigenvalue weighted by atomic mass is 10.0. The minimum absolute atomic E-state index is 0.185. The molecule has 0 N–H and O–H groups in total. The summed E-state index contributed by atoms with van der Waals surface area (Å²) in [5, 5.41) is 0. The number of hydrogen-bond donors (Lipinski definition) is 0. The van der Waals surface area contributed by atoms with Gasteiger partial charge in [0.25, 0.3) is 0 Å². The van der Waals surface area contributed by atoms with E-state index in [9.17, 15) is 4.79 Å². The largest absolute Gasteiger partial charge is 0.496 e. The number of carbonyl (C=O) groups is 1. The molecule has 174 valence electrons. The molecule has 2 aliphatic rings. The summed E-state index contributed by atoms with van der Waals surface area (Å²) < 4.78 is 28.4. The van der Waals surface area contributed by atoms with E-state index in [-0.39, 0.29) is 11.5 Å². The van der Waals surface area contributed by atoms with Gasteiger partial charge in [-0.05, 0) is 29.8 Å². The quantitative estimate of drug-likeness (QED) is 0.496.